The Morgan fingerprint density at radius 1 is 1.10 bits per heavy atom. The highest BCUT2D eigenvalue weighted by atomic mass is 16.5. The Labute approximate surface area is 124 Å². The molecule has 0 aliphatic rings. The molecule has 4 nitrogen and oxygen atoms in total. The summed E-state index contributed by atoms with van der Waals surface area (Å²) in [5, 5.41) is 0. The van der Waals surface area contributed by atoms with Gasteiger partial charge in [-0.3, -0.25) is 0 Å². The summed E-state index contributed by atoms with van der Waals surface area (Å²) < 4.78 is 10.3. The summed E-state index contributed by atoms with van der Waals surface area (Å²) in [5.74, 6) is -0.331. The molecule has 0 saturated heterocycles. The van der Waals surface area contributed by atoms with Gasteiger partial charge in [0.2, 0.25) is 0 Å². The standard InChI is InChI=1S/C17H19NO3/c1-20-17(19)15-8-6-13(7-9-15)12-21-11-10-14-4-2-3-5-16(14)18/h2-9H,10-12,18H2,1H3. The van der Waals surface area contributed by atoms with Crippen LogP contribution in [-0.2, 0) is 22.5 Å². The fourth-order valence-electron chi connectivity index (χ4n) is 1.99. The predicted octanol–water partition coefficient (Wildman–Crippen LogP) is 2.81. The number of rotatable bonds is 6. The van der Waals surface area contributed by atoms with Gasteiger partial charge in [0.05, 0.1) is 25.9 Å². The van der Waals surface area contributed by atoms with Crippen LogP contribution in [0.2, 0.25) is 0 Å². The molecule has 0 amide bonds. The first-order valence-corrected chi connectivity index (χ1v) is 6.79. The Morgan fingerprint density at radius 3 is 2.48 bits per heavy atom. The van der Waals surface area contributed by atoms with Crippen molar-refractivity contribution in [2.24, 2.45) is 0 Å². The minimum atomic E-state index is -0.331. The Hall–Kier alpha value is -2.33. The van der Waals surface area contributed by atoms with E-state index in [1.165, 1.54) is 7.11 Å². The molecule has 0 aromatic heterocycles. The van der Waals surface area contributed by atoms with Crippen LogP contribution in [-0.4, -0.2) is 19.7 Å². The first-order valence-electron chi connectivity index (χ1n) is 6.79. The highest BCUT2D eigenvalue weighted by molar-refractivity contribution is 5.89. The third-order valence-corrected chi connectivity index (χ3v) is 3.21. The first kappa shape index (κ1) is 15.1. The Kier molecular flexibility index (Phi) is 5.35. The number of nitrogens with two attached hydrogens (primary N) is 1. The largest absolute Gasteiger partial charge is 0.465 e. The fraction of sp³-hybridized carbons (Fsp3) is 0.235. The number of methoxy groups -OCH3 is 1. The SMILES string of the molecule is COC(=O)c1ccc(COCCc2ccccc2N)cc1. The van der Waals surface area contributed by atoms with Crippen molar-refractivity contribution in [2.75, 3.05) is 19.5 Å². The number of benzene rings is 2. The molecule has 0 unspecified atom stereocenters. The summed E-state index contributed by atoms with van der Waals surface area (Å²) in [6, 6.07) is 15.0. The van der Waals surface area contributed by atoms with Crippen molar-refractivity contribution in [3.63, 3.8) is 0 Å². The van der Waals surface area contributed by atoms with Gasteiger partial charge in [-0.1, -0.05) is 30.3 Å². The topological polar surface area (TPSA) is 61.5 Å². The Balaban J connectivity index is 1.79. The number of ether oxygens (including phenoxy) is 2. The molecule has 0 atom stereocenters. The summed E-state index contributed by atoms with van der Waals surface area (Å²) >= 11 is 0. The van der Waals surface area contributed by atoms with Crippen LogP contribution in [0, 0.1) is 0 Å². The average Bonchev–Trinajstić information content (AvgIpc) is 2.53. The second-order valence-electron chi connectivity index (χ2n) is 4.69. The maximum Gasteiger partial charge on any atom is 0.337 e. The number of carbonyl (C=O) groups excluding carboxylic acids is 1. The molecule has 2 rings (SSSR count). The minimum absolute atomic E-state index is 0.331. The van der Waals surface area contributed by atoms with Crippen molar-refractivity contribution in [1.82, 2.24) is 0 Å². The van der Waals surface area contributed by atoms with E-state index in [9.17, 15) is 4.79 Å². The van der Waals surface area contributed by atoms with E-state index in [2.05, 4.69) is 4.74 Å². The van der Waals surface area contributed by atoms with Gasteiger partial charge in [0.25, 0.3) is 0 Å². The van der Waals surface area contributed by atoms with Crippen LogP contribution in [0.25, 0.3) is 0 Å². The Bertz CT molecular complexity index is 593. The molecule has 2 N–H and O–H groups in total. The normalized spacial score (nSPS) is 10.3. The molecule has 0 saturated carbocycles. The van der Waals surface area contributed by atoms with Crippen molar-refractivity contribution in [1.29, 1.82) is 0 Å². The highest BCUT2D eigenvalue weighted by Crippen LogP contribution is 2.12. The maximum atomic E-state index is 11.3. The summed E-state index contributed by atoms with van der Waals surface area (Å²) in [6.07, 6.45) is 0.785. The molecular weight excluding hydrogens is 266 g/mol. The van der Waals surface area contributed by atoms with Crippen molar-refractivity contribution >= 4 is 11.7 Å². The van der Waals surface area contributed by atoms with Crippen molar-refractivity contribution in [3.8, 4) is 0 Å². The number of hydrogen-bond acceptors (Lipinski definition) is 4. The molecule has 0 radical (unpaired) electrons. The number of esters is 1. The lowest BCUT2D eigenvalue weighted by atomic mass is 10.1. The van der Waals surface area contributed by atoms with Gasteiger partial charge in [-0.05, 0) is 35.7 Å². The summed E-state index contributed by atoms with van der Waals surface area (Å²) in [5.41, 5.74) is 9.32. The van der Waals surface area contributed by atoms with Crippen LogP contribution in [0.5, 0.6) is 0 Å². The second-order valence-corrected chi connectivity index (χ2v) is 4.69. The second kappa shape index (κ2) is 7.45. The summed E-state index contributed by atoms with van der Waals surface area (Å²) in [6.45, 7) is 1.11. The quantitative estimate of drug-likeness (QED) is 0.503. The molecule has 0 bridgehead atoms. The molecule has 0 aliphatic heterocycles. The van der Waals surface area contributed by atoms with Gasteiger partial charge >= 0.3 is 5.97 Å². The van der Waals surface area contributed by atoms with Gasteiger partial charge in [-0.2, -0.15) is 0 Å². The lowest BCUT2D eigenvalue weighted by molar-refractivity contribution is 0.0600. The zero-order valence-corrected chi connectivity index (χ0v) is 12.0. The van der Waals surface area contributed by atoms with Gasteiger partial charge in [-0.15, -0.1) is 0 Å². The fourth-order valence-corrected chi connectivity index (χ4v) is 1.99. The van der Waals surface area contributed by atoms with Gasteiger partial charge in [0, 0.05) is 5.69 Å². The van der Waals surface area contributed by atoms with Gasteiger partial charge in [0.15, 0.2) is 0 Å². The van der Waals surface area contributed by atoms with Crippen LogP contribution in [0.15, 0.2) is 48.5 Å². The lowest BCUT2D eigenvalue weighted by Gasteiger charge is -2.07. The molecule has 4 heteroatoms. The van der Waals surface area contributed by atoms with E-state index in [1.54, 1.807) is 12.1 Å². The van der Waals surface area contributed by atoms with E-state index >= 15 is 0 Å². The number of nitrogen functional groups attached to an aromatic ring is 1. The molecule has 0 fully saturated rings. The van der Waals surface area contributed by atoms with Crippen molar-refractivity contribution < 1.29 is 14.3 Å². The first-order chi connectivity index (χ1) is 10.2. The smallest absolute Gasteiger partial charge is 0.337 e. The average molecular weight is 285 g/mol. The molecule has 21 heavy (non-hydrogen) atoms. The number of carbonyl (C=O) groups is 1. The lowest BCUT2D eigenvalue weighted by Crippen LogP contribution is -2.03. The number of anilines is 1. The van der Waals surface area contributed by atoms with E-state index in [0.29, 0.717) is 18.8 Å². The number of para-hydroxylation sites is 1. The van der Waals surface area contributed by atoms with Crippen LogP contribution in [0.4, 0.5) is 5.69 Å². The third kappa shape index (κ3) is 4.33. The molecule has 0 heterocycles. The van der Waals surface area contributed by atoms with Crippen molar-refractivity contribution in [3.05, 3.63) is 65.2 Å². The van der Waals surface area contributed by atoms with E-state index < -0.39 is 0 Å². The van der Waals surface area contributed by atoms with E-state index in [4.69, 9.17) is 10.5 Å². The zero-order valence-electron chi connectivity index (χ0n) is 12.0. The molecule has 0 spiro atoms. The monoisotopic (exact) mass is 285 g/mol. The summed E-state index contributed by atoms with van der Waals surface area (Å²) in [4.78, 5) is 11.3. The zero-order chi connectivity index (χ0) is 15.1. The Morgan fingerprint density at radius 2 is 1.81 bits per heavy atom. The van der Waals surface area contributed by atoms with Crippen LogP contribution in [0.3, 0.4) is 0 Å². The molecular formula is C17H19NO3. The predicted molar refractivity (Wildman–Crippen MR) is 82.0 cm³/mol. The minimum Gasteiger partial charge on any atom is -0.465 e. The van der Waals surface area contributed by atoms with Crippen LogP contribution < -0.4 is 5.73 Å². The molecule has 110 valence electrons. The van der Waals surface area contributed by atoms with E-state index in [-0.39, 0.29) is 5.97 Å². The van der Waals surface area contributed by atoms with Crippen molar-refractivity contribution in [2.45, 2.75) is 13.0 Å². The maximum absolute atomic E-state index is 11.3. The molecule has 2 aromatic carbocycles. The van der Waals surface area contributed by atoms with Crippen LogP contribution >= 0.6 is 0 Å². The highest BCUT2D eigenvalue weighted by Gasteiger charge is 2.04. The number of hydrogen-bond donors (Lipinski definition) is 1. The van der Waals surface area contributed by atoms with Crippen LogP contribution in [0.1, 0.15) is 21.5 Å². The third-order valence-electron chi connectivity index (χ3n) is 3.21. The van der Waals surface area contributed by atoms with Gasteiger partial charge < -0.3 is 15.2 Å². The van der Waals surface area contributed by atoms with E-state index in [0.717, 1.165) is 23.2 Å². The van der Waals surface area contributed by atoms with E-state index in [1.807, 2.05) is 36.4 Å². The molecule has 2 aromatic rings. The van der Waals surface area contributed by atoms with Gasteiger partial charge in [0.1, 0.15) is 0 Å². The summed E-state index contributed by atoms with van der Waals surface area (Å²) in [7, 11) is 1.37. The van der Waals surface area contributed by atoms with Gasteiger partial charge in [-0.25, -0.2) is 4.79 Å². The molecule has 0 aliphatic carbocycles.